The van der Waals surface area contributed by atoms with Crippen molar-refractivity contribution in [1.29, 1.82) is 0 Å². The monoisotopic (exact) mass is 406 g/mol. The minimum absolute atomic E-state index is 1.17. The van der Waals surface area contributed by atoms with Crippen LogP contribution in [-0.4, -0.2) is 14.8 Å². The zero-order chi connectivity index (χ0) is 20.7. The lowest BCUT2D eigenvalue weighted by molar-refractivity contribution is 0.405. The average Bonchev–Trinajstić information content (AvgIpc) is 2.78. The molecule has 0 unspecified atom stereocenters. The maximum absolute atomic E-state index is 8.74. The van der Waals surface area contributed by atoms with E-state index in [1.807, 2.05) is 36.4 Å². The second-order valence-electron chi connectivity index (χ2n) is 5.65. The molecule has 0 radical (unpaired) electrons. The Morgan fingerprint density at radius 2 is 0.828 bits per heavy atom. The summed E-state index contributed by atoms with van der Waals surface area (Å²) in [5.41, 5.74) is 3.50. The highest BCUT2D eigenvalue weighted by molar-refractivity contribution is 7.30. The molecule has 3 aromatic carbocycles. The smallest absolute Gasteiger partial charge is 0.314 e. The predicted molar refractivity (Wildman–Crippen MR) is 119 cm³/mol. The van der Waals surface area contributed by atoms with Crippen molar-refractivity contribution in [2.45, 2.75) is 0 Å². The number of hydrogen-bond acceptors (Lipinski definition) is 3. The number of nitrogens with zero attached hydrogens (tertiary/aromatic N) is 2. The predicted octanol–water partition coefficient (Wildman–Crippen LogP) is 5.60. The molecule has 148 valence electrons. The first-order chi connectivity index (χ1) is 14.2. The Morgan fingerprint density at radius 3 is 1.03 bits per heavy atom. The Hall–Kier alpha value is -3.24. The van der Waals surface area contributed by atoms with E-state index in [-0.39, 0.29) is 0 Å². The molecule has 1 heterocycles. The third-order valence-corrected chi connectivity index (χ3v) is 3.61. The van der Waals surface area contributed by atoms with Crippen LogP contribution in [0.4, 0.5) is 17.1 Å². The van der Waals surface area contributed by atoms with E-state index in [0.717, 1.165) is 0 Å². The van der Waals surface area contributed by atoms with E-state index in [2.05, 4.69) is 82.7 Å². The summed E-state index contributed by atoms with van der Waals surface area (Å²) < 4.78 is 8.74. The molecule has 0 aliphatic carbocycles. The summed E-state index contributed by atoms with van der Waals surface area (Å²) in [5.74, 6) is 0. The van der Waals surface area contributed by atoms with E-state index in [1.165, 1.54) is 17.1 Å². The largest absolute Gasteiger partial charge is 0.326 e. The summed E-state index contributed by atoms with van der Waals surface area (Å²) in [6.07, 6.45) is 3.50. The minimum atomic E-state index is -3.13. The van der Waals surface area contributed by atoms with Gasteiger partial charge in [-0.2, -0.15) is 0 Å². The van der Waals surface area contributed by atoms with Gasteiger partial charge in [-0.1, -0.05) is 60.7 Å². The van der Waals surface area contributed by atoms with Gasteiger partial charge in [0.05, 0.1) is 0 Å². The number of para-hydroxylation sites is 3. The number of benzene rings is 3. The van der Waals surface area contributed by atoms with Gasteiger partial charge in [-0.3, -0.25) is 9.55 Å². The van der Waals surface area contributed by atoms with Crippen molar-refractivity contribution in [3.05, 3.63) is 122 Å². The second-order valence-corrected chi connectivity index (χ2v) is 6.21. The number of hydrogen-bond donors (Lipinski definition) is 2. The SMILES string of the molecule is O=[PH](O)O.c1ccc(N(c2ccccc2)c2ccccc2)cc1.c1ccncc1. The molecular formula is C23H23N2O3P. The standard InChI is InChI=1S/C18H15N.C5H5N.H3O3P/c1-4-10-16(11-5-1)19(17-12-6-2-7-13-17)18-14-8-3-9-15-18;1-2-4-6-5-3-1;1-4(2)3/h1-15H;1-5H;4H,(H2,1,2,3). The van der Waals surface area contributed by atoms with Crippen molar-refractivity contribution in [3.63, 3.8) is 0 Å². The molecular weight excluding hydrogens is 383 g/mol. The van der Waals surface area contributed by atoms with Crippen LogP contribution < -0.4 is 4.90 Å². The van der Waals surface area contributed by atoms with Gasteiger partial charge in [-0.25, -0.2) is 0 Å². The molecule has 4 aromatic rings. The molecule has 0 saturated carbocycles. The lowest BCUT2D eigenvalue weighted by atomic mass is 10.2. The van der Waals surface area contributed by atoms with Gasteiger partial charge in [0.1, 0.15) is 0 Å². The maximum atomic E-state index is 8.74. The van der Waals surface area contributed by atoms with Gasteiger partial charge in [0, 0.05) is 29.5 Å². The number of pyridine rings is 1. The van der Waals surface area contributed by atoms with Crippen molar-refractivity contribution in [3.8, 4) is 0 Å². The molecule has 2 N–H and O–H groups in total. The van der Waals surface area contributed by atoms with E-state index in [4.69, 9.17) is 14.4 Å². The summed E-state index contributed by atoms with van der Waals surface area (Å²) in [7, 11) is -3.13. The Balaban J connectivity index is 0.000000248. The van der Waals surface area contributed by atoms with Gasteiger partial charge >= 0.3 is 8.25 Å². The van der Waals surface area contributed by atoms with Crippen LogP contribution in [0.5, 0.6) is 0 Å². The summed E-state index contributed by atoms with van der Waals surface area (Å²) in [6.45, 7) is 0. The normalized spacial score (nSPS) is 9.48. The van der Waals surface area contributed by atoms with Gasteiger partial charge < -0.3 is 14.7 Å². The molecule has 0 aliphatic rings. The van der Waals surface area contributed by atoms with E-state index < -0.39 is 8.25 Å². The molecule has 4 rings (SSSR count). The molecule has 0 aliphatic heterocycles. The fourth-order valence-electron chi connectivity index (χ4n) is 2.49. The summed E-state index contributed by atoms with van der Waals surface area (Å²) in [6, 6.07) is 37.0. The molecule has 6 heteroatoms. The first-order valence-corrected chi connectivity index (χ1v) is 10.2. The zero-order valence-electron chi connectivity index (χ0n) is 15.7. The highest BCUT2D eigenvalue weighted by Crippen LogP contribution is 2.33. The molecule has 29 heavy (non-hydrogen) atoms. The summed E-state index contributed by atoms with van der Waals surface area (Å²) in [4.78, 5) is 20.3. The molecule has 0 atom stereocenters. The third kappa shape index (κ3) is 8.54. The van der Waals surface area contributed by atoms with Crippen LogP contribution in [0.3, 0.4) is 0 Å². The molecule has 0 saturated heterocycles. The molecule has 0 fully saturated rings. The fourth-order valence-corrected chi connectivity index (χ4v) is 2.49. The Morgan fingerprint density at radius 1 is 0.552 bits per heavy atom. The zero-order valence-corrected chi connectivity index (χ0v) is 16.7. The van der Waals surface area contributed by atoms with Crippen molar-refractivity contribution in [2.75, 3.05) is 4.90 Å². The molecule has 0 spiro atoms. The van der Waals surface area contributed by atoms with Crippen LogP contribution in [0.25, 0.3) is 0 Å². The van der Waals surface area contributed by atoms with Crippen molar-refractivity contribution in [2.24, 2.45) is 0 Å². The second kappa shape index (κ2) is 13.0. The number of rotatable bonds is 3. The van der Waals surface area contributed by atoms with Gasteiger partial charge in [0.25, 0.3) is 0 Å². The first kappa shape index (κ1) is 22.1. The molecule has 5 nitrogen and oxygen atoms in total. The highest BCUT2D eigenvalue weighted by Gasteiger charge is 2.10. The highest BCUT2D eigenvalue weighted by atomic mass is 31.1. The Kier molecular flexibility index (Phi) is 9.90. The van der Waals surface area contributed by atoms with E-state index >= 15 is 0 Å². The average molecular weight is 406 g/mol. The van der Waals surface area contributed by atoms with Crippen LogP contribution in [-0.2, 0) is 4.57 Å². The summed E-state index contributed by atoms with van der Waals surface area (Å²) >= 11 is 0. The van der Waals surface area contributed by atoms with Crippen LogP contribution in [0, 0.1) is 0 Å². The lowest BCUT2D eigenvalue weighted by Gasteiger charge is -2.25. The third-order valence-electron chi connectivity index (χ3n) is 3.61. The fraction of sp³-hybridized carbons (Fsp3) is 0. The molecule has 0 bridgehead atoms. The van der Waals surface area contributed by atoms with Gasteiger partial charge in [0.2, 0.25) is 0 Å². The van der Waals surface area contributed by atoms with Crippen LogP contribution >= 0.6 is 8.25 Å². The van der Waals surface area contributed by atoms with E-state index in [0.29, 0.717) is 0 Å². The van der Waals surface area contributed by atoms with Crippen molar-refractivity contribution in [1.82, 2.24) is 4.98 Å². The van der Waals surface area contributed by atoms with Crippen molar-refractivity contribution >= 4 is 25.3 Å². The Bertz CT molecular complexity index is 816. The molecule has 1 aromatic heterocycles. The number of anilines is 3. The van der Waals surface area contributed by atoms with Gasteiger partial charge in [-0.15, -0.1) is 0 Å². The van der Waals surface area contributed by atoms with E-state index in [9.17, 15) is 0 Å². The Labute approximate surface area is 171 Å². The summed E-state index contributed by atoms with van der Waals surface area (Å²) in [5, 5.41) is 0. The number of aromatic nitrogens is 1. The lowest BCUT2D eigenvalue weighted by Crippen LogP contribution is -2.09. The van der Waals surface area contributed by atoms with Gasteiger partial charge in [-0.05, 0) is 48.5 Å². The topological polar surface area (TPSA) is 73.7 Å². The van der Waals surface area contributed by atoms with Crippen LogP contribution in [0.15, 0.2) is 122 Å². The van der Waals surface area contributed by atoms with Crippen LogP contribution in [0.2, 0.25) is 0 Å². The first-order valence-electron chi connectivity index (χ1n) is 8.90. The van der Waals surface area contributed by atoms with Crippen molar-refractivity contribution < 1.29 is 14.4 Å². The molecule has 0 amide bonds. The van der Waals surface area contributed by atoms with E-state index in [1.54, 1.807) is 12.4 Å². The van der Waals surface area contributed by atoms with Crippen LogP contribution in [0.1, 0.15) is 0 Å². The van der Waals surface area contributed by atoms with Gasteiger partial charge in [0.15, 0.2) is 0 Å². The minimum Gasteiger partial charge on any atom is -0.326 e. The quantitative estimate of drug-likeness (QED) is 0.433. The maximum Gasteiger partial charge on any atom is 0.314 e.